The zero-order chi connectivity index (χ0) is 19.9. The summed E-state index contributed by atoms with van der Waals surface area (Å²) >= 11 is 0. The van der Waals surface area contributed by atoms with Crippen LogP contribution in [0.25, 0.3) is 22.3 Å². The molecule has 146 valence electrons. The Hall–Kier alpha value is -3.01. The van der Waals surface area contributed by atoms with Gasteiger partial charge in [0.15, 0.2) is 0 Å². The Morgan fingerprint density at radius 2 is 2.11 bits per heavy atom. The molecule has 0 unspecified atom stereocenters. The van der Waals surface area contributed by atoms with E-state index in [1.807, 2.05) is 0 Å². The van der Waals surface area contributed by atoms with Crippen molar-refractivity contribution >= 4 is 39.1 Å². The van der Waals surface area contributed by atoms with Crippen LogP contribution in [-0.4, -0.2) is 41.6 Å². The molecule has 1 fully saturated rings. The number of fused-ring (bicyclic) bond motifs is 1. The van der Waals surface area contributed by atoms with Crippen LogP contribution in [0.2, 0.25) is 0 Å². The first kappa shape index (κ1) is 18.4. The number of carbonyl (C=O) groups excluding carboxylic acids is 1. The standard InChI is InChI=1S/C18H18FN5O3S/c1-2-28(26,27)23-15-6-3-11(9-14(15)19)16-13-7-8-20-17(13)22-18(21-16)24(10-25)12-4-5-12/h3,6-10,12,23H,2,4-5H2,1H3,(H,20,21,22). The number of nitrogens with zero attached hydrogens (tertiary/aromatic N) is 3. The van der Waals surface area contributed by atoms with Crippen LogP contribution < -0.4 is 9.62 Å². The van der Waals surface area contributed by atoms with Gasteiger partial charge < -0.3 is 4.98 Å². The van der Waals surface area contributed by atoms with Crippen molar-refractivity contribution in [3.8, 4) is 11.3 Å². The molecule has 4 rings (SSSR count). The molecule has 0 atom stereocenters. The van der Waals surface area contributed by atoms with E-state index in [1.165, 1.54) is 24.0 Å². The molecular formula is C18H18FN5O3S. The Morgan fingerprint density at radius 1 is 1.32 bits per heavy atom. The lowest BCUT2D eigenvalue weighted by molar-refractivity contribution is -0.107. The van der Waals surface area contributed by atoms with Gasteiger partial charge in [0.25, 0.3) is 0 Å². The lowest BCUT2D eigenvalue weighted by atomic mass is 10.1. The second-order valence-corrected chi connectivity index (χ2v) is 8.57. The van der Waals surface area contributed by atoms with E-state index < -0.39 is 15.8 Å². The number of amides is 1. The number of halogens is 1. The number of aromatic amines is 1. The Kier molecular flexibility index (Phi) is 4.50. The maximum atomic E-state index is 14.5. The summed E-state index contributed by atoms with van der Waals surface area (Å²) in [5.41, 5.74) is 1.31. The first-order valence-electron chi connectivity index (χ1n) is 8.81. The highest BCUT2D eigenvalue weighted by Gasteiger charge is 2.31. The van der Waals surface area contributed by atoms with Crippen molar-refractivity contribution < 1.29 is 17.6 Å². The first-order valence-corrected chi connectivity index (χ1v) is 10.5. The van der Waals surface area contributed by atoms with Crippen LogP contribution in [0.1, 0.15) is 19.8 Å². The monoisotopic (exact) mass is 403 g/mol. The SMILES string of the molecule is CCS(=O)(=O)Nc1ccc(-c2nc(N(C=O)C3CC3)nc3[nH]ccc23)cc1F. The van der Waals surface area contributed by atoms with Gasteiger partial charge in [0, 0.05) is 23.2 Å². The van der Waals surface area contributed by atoms with Crippen molar-refractivity contribution in [1.29, 1.82) is 0 Å². The van der Waals surface area contributed by atoms with Crippen molar-refractivity contribution in [3.05, 3.63) is 36.3 Å². The Bertz CT molecular complexity index is 1160. The van der Waals surface area contributed by atoms with Gasteiger partial charge in [-0.1, -0.05) is 6.07 Å². The molecule has 0 radical (unpaired) electrons. The summed E-state index contributed by atoms with van der Waals surface area (Å²) in [6.45, 7) is 1.47. The molecular weight excluding hydrogens is 385 g/mol. The topological polar surface area (TPSA) is 108 Å². The number of H-pyrrole nitrogens is 1. The molecule has 8 nitrogen and oxygen atoms in total. The highest BCUT2D eigenvalue weighted by Crippen LogP contribution is 2.33. The Balaban J connectivity index is 1.79. The molecule has 1 saturated carbocycles. The average molecular weight is 403 g/mol. The van der Waals surface area contributed by atoms with Crippen LogP contribution in [0.5, 0.6) is 0 Å². The molecule has 1 aliphatic carbocycles. The molecule has 2 heterocycles. The van der Waals surface area contributed by atoms with Crippen LogP contribution >= 0.6 is 0 Å². The molecule has 0 aliphatic heterocycles. The molecule has 28 heavy (non-hydrogen) atoms. The number of sulfonamides is 1. The van der Waals surface area contributed by atoms with E-state index in [9.17, 15) is 17.6 Å². The highest BCUT2D eigenvalue weighted by molar-refractivity contribution is 7.92. The van der Waals surface area contributed by atoms with Crippen molar-refractivity contribution in [1.82, 2.24) is 15.0 Å². The smallest absolute Gasteiger partial charge is 0.234 e. The number of benzene rings is 1. The van der Waals surface area contributed by atoms with Crippen LogP contribution in [0, 0.1) is 5.82 Å². The number of carbonyl (C=O) groups is 1. The largest absolute Gasteiger partial charge is 0.346 e. The Morgan fingerprint density at radius 3 is 2.75 bits per heavy atom. The van der Waals surface area contributed by atoms with E-state index in [0.29, 0.717) is 28.7 Å². The van der Waals surface area contributed by atoms with E-state index in [1.54, 1.807) is 18.3 Å². The summed E-state index contributed by atoms with van der Waals surface area (Å²) < 4.78 is 40.2. The first-order chi connectivity index (χ1) is 13.4. The fourth-order valence-corrected chi connectivity index (χ4v) is 3.54. The maximum Gasteiger partial charge on any atom is 0.234 e. The van der Waals surface area contributed by atoms with Gasteiger partial charge in [0.05, 0.1) is 17.1 Å². The van der Waals surface area contributed by atoms with E-state index in [-0.39, 0.29) is 23.4 Å². The van der Waals surface area contributed by atoms with E-state index in [0.717, 1.165) is 12.8 Å². The van der Waals surface area contributed by atoms with Gasteiger partial charge in [-0.3, -0.25) is 14.4 Å². The Labute approximate surface area is 160 Å². The number of hydrogen-bond donors (Lipinski definition) is 2. The highest BCUT2D eigenvalue weighted by atomic mass is 32.2. The van der Waals surface area contributed by atoms with Gasteiger partial charge >= 0.3 is 0 Å². The van der Waals surface area contributed by atoms with E-state index in [4.69, 9.17) is 0 Å². The van der Waals surface area contributed by atoms with Crippen molar-refractivity contribution in [2.75, 3.05) is 15.4 Å². The van der Waals surface area contributed by atoms with Gasteiger partial charge in [0.2, 0.25) is 22.4 Å². The number of rotatable bonds is 7. The van der Waals surface area contributed by atoms with Crippen molar-refractivity contribution in [3.63, 3.8) is 0 Å². The summed E-state index contributed by atoms with van der Waals surface area (Å²) in [6, 6.07) is 6.01. The number of anilines is 2. The summed E-state index contributed by atoms with van der Waals surface area (Å²) in [5, 5.41) is 0.673. The third kappa shape index (κ3) is 3.42. The van der Waals surface area contributed by atoms with Crippen LogP contribution in [-0.2, 0) is 14.8 Å². The van der Waals surface area contributed by atoms with Gasteiger partial charge in [0.1, 0.15) is 11.5 Å². The van der Waals surface area contributed by atoms with Gasteiger partial charge in [-0.2, -0.15) is 4.98 Å². The second-order valence-electron chi connectivity index (χ2n) is 6.56. The minimum atomic E-state index is -3.59. The second kappa shape index (κ2) is 6.86. The lowest BCUT2D eigenvalue weighted by Crippen LogP contribution is -2.25. The minimum absolute atomic E-state index is 0.0836. The predicted octanol–water partition coefficient (Wildman–Crippen LogP) is 2.65. The van der Waals surface area contributed by atoms with Crippen molar-refractivity contribution in [2.45, 2.75) is 25.8 Å². The lowest BCUT2D eigenvalue weighted by Gasteiger charge is -2.16. The third-order valence-corrected chi connectivity index (χ3v) is 5.87. The molecule has 0 spiro atoms. The zero-order valence-corrected chi connectivity index (χ0v) is 15.8. The zero-order valence-electron chi connectivity index (χ0n) is 15.0. The molecule has 0 saturated heterocycles. The quantitative estimate of drug-likeness (QED) is 0.590. The molecule has 1 aliphatic rings. The van der Waals surface area contributed by atoms with E-state index in [2.05, 4.69) is 19.7 Å². The molecule has 2 aromatic heterocycles. The molecule has 1 aromatic carbocycles. The molecule has 3 aromatic rings. The van der Waals surface area contributed by atoms with Crippen LogP contribution in [0.15, 0.2) is 30.5 Å². The number of nitrogens with one attached hydrogen (secondary N) is 2. The summed E-state index contributed by atoms with van der Waals surface area (Å²) in [6.07, 6.45) is 4.17. The molecule has 0 bridgehead atoms. The summed E-state index contributed by atoms with van der Waals surface area (Å²) in [7, 11) is -3.59. The third-order valence-electron chi connectivity index (χ3n) is 4.58. The van der Waals surface area contributed by atoms with Gasteiger partial charge in [-0.05, 0) is 38.0 Å². The fourth-order valence-electron chi connectivity index (χ4n) is 2.90. The molecule has 10 heteroatoms. The fraction of sp³-hybridized carbons (Fsp3) is 0.278. The van der Waals surface area contributed by atoms with Crippen LogP contribution in [0.3, 0.4) is 0 Å². The van der Waals surface area contributed by atoms with Crippen molar-refractivity contribution in [2.24, 2.45) is 0 Å². The predicted molar refractivity (Wildman–Crippen MR) is 104 cm³/mol. The average Bonchev–Trinajstić information content (AvgIpc) is 3.39. The van der Waals surface area contributed by atoms with Crippen LogP contribution in [0.4, 0.5) is 16.0 Å². The molecule has 2 N–H and O–H groups in total. The number of hydrogen-bond acceptors (Lipinski definition) is 5. The summed E-state index contributed by atoms with van der Waals surface area (Å²) in [5.74, 6) is -0.623. The normalized spacial score (nSPS) is 14.2. The number of aromatic nitrogens is 3. The maximum absolute atomic E-state index is 14.5. The van der Waals surface area contributed by atoms with E-state index >= 15 is 0 Å². The van der Waals surface area contributed by atoms with Gasteiger partial charge in [-0.25, -0.2) is 17.8 Å². The minimum Gasteiger partial charge on any atom is -0.346 e. The van der Waals surface area contributed by atoms with Gasteiger partial charge in [-0.15, -0.1) is 0 Å². The molecule has 1 amide bonds. The summed E-state index contributed by atoms with van der Waals surface area (Å²) in [4.78, 5) is 24.8.